The zero-order valence-corrected chi connectivity index (χ0v) is 24.2. The molecule has 3 N–H and O–H groups in total. The molecule has 0 aliphatic carbocycles. The van der Waals surface area contributed by atoms with Gasteiger partial charge in [-0.1, -0.05) is 49.4 Å². The molecule has 3 atom stereocenters. The molecule has 43 heavy (non-hydrogen) atoms. The van der Waals surface area contributed by atoms with Crippen molar-refractivity contribution in [2.24, 2.45) is 5.92 Å². The summed E-state index contributed by atoms with van der Waals surface area (Å²) in [5.41, 5.74) is 1.30. The molecular weight excluding hydrogens is 548 g/mol. The normalized spacial score (nSPS) is 17.2. The molecule has 0 saturated heterocycles. The molecule has 1 aromatic heterocycles. The quantitative estimate of drug-likeness (QED) is 0.296. The molecule has 222 valence electrons. The Hall–Kier alpha value is -5.03. The molecule has 4 aromatic rings. The van der Waals surface area contributed by atoms with Gasteiger partial charge in [0.1, 0.15) is 11.8 Å². The molecule has 1 aliphatic heterocycles. The third-order valence-electron chi connectivity index (χ3n) is 7.57. The summed E-state index contributed by atoms with van der Waals surface area (Å²) in [4.78, 5) is 51.2. The number of hydrogen-bond acceptors (Lipinski definition) is 7. The maximum Gasteiger partial charge on any atom is 0.321 e. The van der Waals surface area contributed by atoms with Crippen LogP contribution >= 0.6 is 0 Å². The van der Waals surface area contributed by atoms with Gasteiger partial charge in [-0.2, -0.15) is 0 Å². The number of carbonyl (C=O) groups is 3. The Morgan fingerprint density at radius 1 is 1.07 bits per heavy atom. The summed E-state index contributed by atoms with van der Waals surface area (Å²) < 4.78 is 6.51. The maximum atomic E-state index is 13.7. The van der Waals surface area contributed by atoms with Crippen LogP contribution in [0.1, 0.15) is 34.7 Å². The summed E-state index contributed by atoms with van der Waals surface area (Å²) in [7, 11) is 1.68. The fourth-order valence-electron chi connectivity index (χ4n) is 5.06. The van der Waals surface area contributed by atoms with Gasteiger partial charge < -0.3 is 30.3 Å². The van der Waals surface area contributed by atoms with Crippen LogP contribution in [0.3, 0.4) is 0 Å². The van der Waals surface area contributed by atoms with Crippen LogP contribution in [0.4, 0.5) is 16.2 Å². The largest absolute Gasteiger partial charge is 0.485 e. The van der Waals surface area contributed by atoms with Crippen molar-refractivity contribution >= 4 is 40.0 Å². The van der Waals surface area contributed by atoms with Gasteiger partial charge in [0.2, 0.25) is 0 Å². The van der Waals surface area contributed by atoms with Crippen molar-refractivity contribution in [3.63, 3.8) is 0 Å². The van der Waals surface area contributed by atoms with E-state index in [2.05, 4.69) is 20.6 Å². The van der Waals surface area contributed by atoms with E-state index < -0.39 is 18.1 Å². The Balaban J connectivity index is 1.44. The summed E-state index contributed by atoms with van der Waals surface area (Å²) in [6, 6.07) is 17.6. The Labute approximate surface area is 249 Å². The number of carbonyl (C=O) groups excluding carboxylic acids is 3. The van der Waals surface area contributed by atoms with E-state index in [0.717, 1.165) is 10.8 Å². The molecule has 0 radical (unpaired) electrons. The zero-order valence-electron chi connectivity index (χ0n) is 24.2. The molecule has 4 amide bonds. The second-order valence-electron chi connectivity index (χ2n) is 10.7. The van der Waals surface area contributed by atoms with Crippen LogP contribution < -0.4 is 15.4 Å². The van der Waals surface area contributed by atoms with Gasteiger partial charge in [0.15, 0.2) is 5.75 Å². The first-order chi connectivity index (χ1) is 20.8. The molecule has 0 unspecified atom stereocenters. The second-order valence-corrected chi connectivity index (χ2v) is 10.7. The summed E-state index contributed by atoms with van der Waals surface area (Å²) in [6.45, 7) is 3.94. The van der Waals surface area contributed by atoms with Crippen LogP contribution in [-0.2, 0) is 0 Å². The third-order valence-corrected chi connectivity index (χ3v) is 7.57. The van der Waals surface area contributed by atoms with Gasteiger partial charge in [-0.25, -0.2) is 9.78 Å². The van der Waals surface area contributed by atoms with E-state index in [4.69, 9.17) is 4.74 Å². The molecule has 11 nitrogen and oxygen atoms in total. The average molecular weight is 583 g/mol. The first kappa shape index (κ1) is 29.5. The molecule has 1 aliphatic rings. The lowest BCUT2D eigenvalue weighted by Crippen LogP contribution is -2.50. The number of amides is 4. The van der Waals surface area contributed by atoms with Crippen molar-refractivity contribution in [3.8, 4) is 5.75 Å². The van der Waals surface area contributed by atoms with Crippen molar-refractivity contribution in [2.75, 3.05) is 37.4 Å². The van der Waals surface area contributed by atoms with E-state index in [1.807, 2.05) is 49.4 Å². The number of para-hydroxylation sites is 1. The van der Waals surface area contributed by atoms with Crippen LogP contribution in [0, 0.1) is 5.92 Å². The topological polar surface area (TPSA) is 137 Å². The molecule has 0 spiro atoms. The lowest BCUT2D eigenvalue weighted by atomic mass is 9.99. The first-order valence-corrected chi connectivity index (χ1v) is 14.1. The van der Waals surface area contributed by atoms with Crippen LogP contribution in [0.15, 0.2) is 79.3 Å². The number of fused-ring (bicyclic) bond motifs is 2. The Morgan fingerprint density at radius 3 is 2.58 bits per heavy atom. The number of hydrogen-bond donors (Lipinski definition) is 3. The maximum absolute atomic E-state index is 13.7. The molecule has 11 heteroatoms. The van der Waals surface area contributed by atoms with Crippen molar-refractivity contribution < 1.29 is 24.2 Å². The molecule has 3 aromatic carbocycles. The van der Waals surface area contributed by atoms with Crippen molar-refractivity contribution in [1.82, 2.24) is 19.8 Å². The van der Waals surface area contributed by atoms with Crippen molar-refractivity contribution in [3.05, 3.63) is 90.5 Å². The second kappa shape index (κ2) is 12.9. The number of urea groups is 1. The highest BCUT2D eigenvalue weighted by molar-refractivity contribution is 6.06. The minimum absolute atomic E-state index is 0.0996. The van der Waals surface area contributed by atoms with E-state index in [1.54, 1.807) is 37.1 Å². The highest BCUT2D eigenvalue weighted by Gasteiger charge is 2.35. The summed E-state index contributed by atoms with van der Waals surface area (Å²) in [5, 5.41) is 17.7. The fraction of sp³-hybridized carbons (Fsp3) is 0.281. The molecule has 5 rings (SSSR count). The number of rotatable bonds is 7. The standard InChI is InChI=1S/C32H34N6O5/c1-20-17-38(21(2)19-39)31(41)24-11-7-13-26(35-30(40)27-16-33-14-15-34-27)29(24)43-28(20)18-37(3)32(42)36-25-12-6-9-22-8-4-5-10-23(22)25/h4-16,20-21,28,39H,17-19H2,1-3H3,(H,35,40)(H,36,42)/t20-,21+,28+/m1/s1. The van der Waals surface area contributed by atoms with Gasteiger partial charge in [-0.15, -0.1) is 0 Å². The smallest absolute Gasteiger partial charge is 0.321 e. The predicted octanol–water partition coefficient (Wildman–Crippen LogP) is 4.27. The van der Waals surface area contributed by atoms with E-state index in [1.165, 1.54) is 23.5 Å². The number of aliphatic hydroxyl groups is 1. The van der Waals surface area contributed by atoms with E-state index >= 15 is 0 Å². The van der Waals surface area contributed by atoms with Gasteiger partial charge in [0.05, 0.1) is 42.3 Å². The van der Waals surface area contributed by atoms with E-state index in [0.29, 0.717) is 12.2 Å². The monoisotopic (exact) mass is 582 g/mol. The van der Waals surface area contributed by atoms with E-state index in [-0.39, 0.29) is 53.7 Å². The Bertz CT molecular complexity index is 1630. The summed E-state index contributed by atoms with van der Waals surface area (Å²) >= 11 is 0. The first-order valence-electron chi connectivity index (χ1n) is 14.1. The fourth-order valence-corrected chi connectivity index (χ4v) is 5.06. The van der Waals surface area contributed by atoms with Gasteiger partial charge in [0.25, 0.3) is 11.8 Å². The van der Waals surface area contributed by atoms with Crippen LogP contribution in [-0.4, -0.2) is 81.6 Å². The lowest BCUT2D eigenvalue weighted by molar-refractivity contribution is 0.0372. The summed E-state index contributed by atoms with van der Waals surface area (Å²) in [6.07, 6.45) is 3.65. The molecule has 0 fully saturated rings. The minimum Gasteiger partial charge on any atom is -0.485 e. The van der Waals surface area contributed by atoms with Gasteiger partial charge in [-0.05, 0) is 30.5 Å². The molecule has 0 saturated carbocycles. The number of aromatic nitrogens is 2. The number of nitrogens with zero attached hydrogens (tertiary/aromatic N) is 4. The highest BCUT2D eigenvalue weighted by atomic mass is 16.5. The number of likely N-dealkylation sites (N-methyl/N-ethyl adjacent to an activating group) is 1. The lowest BCUT2D eigenvalue weighted by Gasteiger charge is -2.38. The number of aliphatic hydroxyl groups excluding tert-OH is 1. The zero-order chi connectivity index (χ0) is 30.5. The number of benzene rings is 3. The van der Waals surface area contributed by atoms with Crippen molar-refractivity contribution in [1.29, 1.82) is 0 Å². The van der Waals surface area contributed by atoms with Crippen molar-refractivity contribution in [2.45, 2.75) is 26.0 Å². The number of ether oxygens (including phenoxy) is 1. The van der Waals surface area contributed by atoms with Gasteiger partial charge >= 0.3 is 6.03 Å². The minimum atomic E-state index is -0.571. The highest BCUT2D eigenvalue weighted by Crippen LogP contribution is 2.35. The Morgan fingerprint density at radius 2 is 1.81 bits per heavy atom. The van der Waals surface area contributed by atoms with Crippen LogP contribution in [0.5, 0.6) is 5.75 Å². The van der Waals surface area contributed by atoms with Crippen LogP contribution in [0.25, 0.3) is 10.8 Å². The third kappa shape index (κ3) is 6.41. The van der Waals surface area contributed by atoms with Gasteiger partial charge in [0, 0.05) is 37.3 Å². The SMILES string of the molecule is C[C@@H]1CN([C@@H](C)CO)C(=O)c2cccc(NC(=O)c3cnccn3)c2O[C@H]1CN(C)C(=O)Nc1cccc2ccccc12. The average Bonchev–Trinajstić information content (AvgIpc) is 3.03. The van der Waals surface area contributed by atoms with E-state index in [9.17, 15) is 19.5 Å². The van der Waals surface area contributed by atoms with Gasteiger partial charge in [-0.3, -0.25) is 14.6 Å². The molecule has 0 bridgehead atoms. The Kier molecular flexibility index (Phi) is 8.82. The number of anilines is 2. The molecular formula is C32H34N6O5. The number of nitrogens with one attached hydrogen (secondary N) is 2. The summed E-state index contributed by atoms with van der Waals surface area (Å²) in [5.74, 6) is -0.919. The predicted molar refractivity (Wildman–Crippen MR) is 163 cm³/mol. The molecule has 2 heterocycles. The van der Waals surface area contributed by atoms with Crippen LogP contribution in [0.2, 0.25) is 0 Å².